The van der Waals surface area contributed by atoms with Crippen LogP contribution in [0.25, 0.3) is 0 Å². The summed E-state index contributed by atoms with van der Waals surface area (Å²) in [6.07, 6.45) is -1.12. The van der Waals surface area contributed by atoms with Gasteiger partial charge < -0.3 is 14.8 Å². The number of nitrogens with zero attached hydrogens (tertiary/aromatic N) is 1. The number of alkyl halides is 3. The molecule has 2 aromatic carbocycles. The first kappa shape index (κ1) is 20.3. The third-order valence-corrected chi connectivity index (χ3v) is 3.75. The zero-order valence-corrected chi connectivity index (χ0v) is 15.1. The highest BCUT2D eigenvalue weighted by atomic mass is 19.4. The molecule has 0 aliphatic heterocycles. The molecule has 3 rings (SSSR count). The molecule has 0 atom stereocenters. The number of rotatable bonds is 7. The highest BCUT2D eigenvalue weighted by Crippen LogP contribution is 2.22. The summed E-state index contributed by atoms with van der Waals surface area (Å²) >= 11 is 0. The molecule has 1 amide bonds. The maximum absolute atomic E-state index is 12.3. The Hall–Kier alpha value is -3.39. The highest BCUT2D eigenvalue weighted by molar-refractivity contribution is 6.04. The Kier molecular flexibility index (Phi) is 6.46. The summed E-state index contributed by atoms with van der Waals surface area (Å²) in [6, 6.07) is 16.5. The third kappa shape index (κ3) is 6.62. The number of anilines is 1. The number of benzene rings is 2. The lowest BCUT2D eigenvalue weighted by atomic mass is 10.1. The van der Waals surface area contributed by atoms with Crippen molar-refractivity contribution < 1.29 is 27.4 Å². The summed E-state index contributed by atoms with van der Waals surface area (Å²) < 4.78 is 46.5. The molecule has 0 fully saturated rings. The van der Waals surface area contributed by atoms with Gasteiger partial charge in [0.05, 0.1) is 6.61 Å². The van der Waals surface area contributed by atoms with Crippen LogP contribution in [0, 0.1) is 0 Å². The van der Waals surface area contributed by atoms with E-state index in [1.54, 1.807) is 60.9 Å². The minimum Gasteiger partial charge on any atom is -0.457 e. The van der Waals surface area contributed by atoms with Crippen LogP contribution < -0.4 is 10.1 Å². The fourth-order valence-corrected chi connectivity index (χ4v) is 2.39. The maximum atomic E-state index is 12.3. The summed E-state index contributed by atoms with van der Waals surface area (Å²) in [6.45, 7) is -1.49. The second-order valence-corrected chi connectivity index (χ2v) is 6.07. The van der Waals surface area contributed by atoms with Crippen LogP contribution in [0.3, 0.4) is 0 Å². The van der Waals surface area contributed by atoms with E-state index in [1.165, 1.54) is 12.1 Å². The Morgan fingerprint density at radius 3 is 2.14 bits per heavy atom. The lowest BCUT2D eigenvalue weighted by Crippen LogP contribution is -2.16. The number of aromatic nitrogens is 1. The van der Waals surface area contributed by atoms with Gasteiger partial charge in [0.15, 0.2) is 0 Å². The number of carbonyl (C=O) groups excluding carboxylic acids is 1. The lowest BCUT2D eigenvalue weighted by molar-refractivity contribution is -0.176. The summed E-state index contributed by atoms with van der Waals surface area (Å²) in [4.78, 5) is 16.2. The van der Waals surface area contributed by atoms with Crippen molar-refractivity contribution in [1.82, 2.24) is 4.98 Å². The lowest BCUT2D eigenvalue weighted by Gasteiger charge is -2.09. The van der Waals surface area contributed by atoms with Crippen LogP contribution in [0.15, 0.2) is 73.1 Å². The number of amides is 1. The Morgan fingerprint density at radius 2 is 1.52 bits per heavy atom. The van der Waals surface area contributed by atoms with Gasteiger partial charge in [0.25, 0.3) is 5.91 Å². The van der Waals surface area contributed by atoms with E-state index in [0.717, 1.165) is 0 Å². The molecule has 0 saturated heterocycles. The van der Waals surface area contributed by atoms with Crippen molar-refractivity contribution >= 4 is 11.6 Å². The van der Waals surface area contributed by atoms with E-state index in [4.69, 9.17) is 4.74 Å². The first-order valence-corrected chi connectivity index (χ1v) is 8.62. The fourth-order valence-electron chi connectivity index (χ4n) is 2.39. The number of pyridine rings is 1. The third-order valence-electron chi connectivity index (χ3n) is 3.75. The minimum atomic E-state index is -4.36. The van der Waals surface area contributed by atoms with Crippen molar-refractivity contribution in [3.05, 3.63) is 84.2 Å². The summed E-state index contributed by atoms with van der Waals surface area (Å²) in [7, 11) is 0. The molecule has 0 saturated carbocycles. The zero-order chi connectivity index (χ0) is 20.7. The molecule has 0 unspecified atom stereocenters. The van der Waals surface area contributed by atoms with Gasteiger partial charge in [-0.2, -0.15) is 13.2 Å². The van der Waals surface area contributed by atoms with Crippen LogP contribution in [0.5, 0.6) is 11.5 Å². The number of ether oxygens (including phenoxy) is 2. The van der Waals surface area contributed by atoms with Crippen molar-refractivity contribution in [2.24, 2.45) is 0 Å². The first-order chi connectivity index (χ1) is 13.9. The Morgan fingerprint density at radius 1 is 0.897 bits per heavy atom. The maximum Gasteiger partial charge on any atom is 0.411 e. The molecule has 8 heteroatoms. The van der Waals surface area contributed by atoms with Gasteiger partial charge in [-0.3, -0.25) is 9.78 Å². The van der Waals surface area contributed by atoms with Crippen LogP contribution in [0.2, 0.25) is 0 Å². The van der Waals surface area contributed by atoms with Crippen molar-refractivity contribution in [2.75, 3.05) is 11.9 Å². The molecule has 0 bridgehead atoms. The second kappa shape index (κ2) is 9.20. The van der Waals surface area contributed by atoms with E-state index in [-0.39, 0.29) is 12.5 Å². The predicted octanol–water partition coefficient (Wildman–Crippen LogP) is 5.21. The molecule has 29 heavy (non-hydrogen) atoms. The van der Waals surface area contributed by atoms with E-state index in [0.29, 0.717) is 28.3 Å². The van der Waals surface area contributed by atoms with E-state index < -0.39 is 12.8 Å². The van der Waals surface area contributed by atoms with Gasteiger partial charge in [-0.05, 0) is 54.1 Å². The average molecular weight is 402 g/mol. The first-order valence-electron chi connectivity index (χ1n) is 8.62. The largest absolute Gasteiger partial charge is 0.457 e. The van der Waals surface area contributed by atoms with Gasteiger partial charge >= 0.3 is 6.18 Å². The van der Waals surface area contributed by atoms with Gasteiger partial charge in [0.1, 0.15) is 18.1 Å². The molecule has 150 valence electrons. The standard InChI is InChI=1S/C21H17F3N2O3/c22-21(23,24)14-28-13-15-1-3-16(4-2-15)20(27)26-17-5-7-18(8-6-17)29-19-9-11-25-12-10-19/h1-12H,13-14H2,(H,26,27). The monoisotopic (exact) mass is 402 g/mol. The van der Waals surface area contributed by atoms with Crippen LogP contribution >= 0.6 is 0 Å². The van der Waals surface area contributed by atoms with Gasteiger partial charge in [-0.15, -0.1) is 0 Å². The molecule has 3 aromatic rings. The number of hydrogen-bond donors (Lipinski definition) is 1. The van der Waals surface area contributed by atoms with Crippen molar-refractivity contribution in [3.63, 3.8) is 0 Å². The molecule has 1 N–H and O–H groups in total. The molecule has 0 aliphatic rings. The summed E-state index contributed by atoms with van der Waals surface area (Å²) in [5.74, 6) is 0.920. The Labute approximate surface area is 165 Å². The number of hydrogen-bond acceptors (Lipinski definition) is 4. The van der Waals surface area contributed by atoms with E-state index in [2.05, 4.69) is 15.0 Å². The Balaban J connectivity index is 1.53. The second-order valence-electron chi connectivity index (χ2n) is 6.07. The molecule has 0 radical (unpaired) electrons. The molecule has 5 nitrogen and oxygen atoms in total. The molecule has 0 spiro atoms. The van der Waals surface area contributed by atoms with Crippen LogP contribution in [0.4, 0.5) is 18.9 Å². The Bertz CT molecular complexity index is 928. The summed E-state index contributed by atoms with van der Waals surface area (Å²) in [5.41, 5.74) is 1.50. The molecule has 0 aliphatic carbocycles. The average Bonchev–Trinajstić information content (AvgIpc) is 2.70. The smallest absolute Gasteiger partial charge is 0.411 e. The fraction of sp³-hybridized carbons (Fsp3) is 0.143. The van der Waals surface area contributed by atoms with Crippen molar-refractivity contribution in [1.29, 1.82) is 0 Å². The molecular weight excluding hydrogens is 385 g/mol. The predicted molar refractivity (Wildman–Crippen MR) is 101 cm³/mol. The number of nitrogens with one attached hydrogen (secondary N) is 1. The quantitative estimate of drug-likeness (QED) is 0.590. The van der Waals surface area contributed by atoms with Gasteiger partial charge in [-0.25, -0.2) is 0 Å². The normalized spacial score (nSPS) is 11.1. The van der Waals surface area contributed by atoms with Crippen LogP contribution in [-0.2, 0) is 11.3 Å². The molecule has 1 heterocycles. The molecular formula is C21H17F3N2O3. The number of halogens is 3. The van der Waals surface area contributed by atoms with Gasteiger partial charge in [-0.1, -0.05) is 12.1 Å². The van der Waals surface area contributed by atoms with Gasteiger partial charge in [0, 0.05) is 23.6 Å². The SMILES string of the molecule is O=C(Nc1ccc(Oc2ccncc2)cc1)c1ccc(COCC(F)(F)F)cc1. The topological polar surface area (TPSA) is 60.5 Å². The molecule has 1 aromatic heterocycles. The summed E-state index contributed by atoms with van der Waals surface area (Å²) in [5, 5.41) is 2.75. The van der Waals surface area contributed by atoms with E-state index in [1.807, 2.05) is 0 Å². The zero-order valence-electron chi connectivity index (χ0n) is 15.1. The van der Waals surface area contributed by atoms with E-state index >= 15 is 0 Å². The van der Waals surface area contributed by atoms with E-state index in [9.17, 15) is 18.0 Å². The van der Waals surface area contributed by atoms with Crippen molar-refractivity contribution in [2.45, 2.75) is 12.8 Å². The minimum absolute atomic E-state index is 0.180. The van der Waals surface area contributed by atoms with Crippen LogP contribution in [0.1, 0.15) is 15.9 Å². The van der Waals surface area contributed by atoms with Crippen LogP contribution in [-0.4, -0.2) is 23.7 Å². The van der Waals surface area contributed by atoms with Crippen molar-refractivity contribution in [3.8, 4) is 11.5 Å². The number of carbonyl (C=O) groups is 1. The highest BCUT2D eigenvalue weighted by Gasteiger charge is 2.27. The van der Waals surface area contributed by atoms with Gasteiger partial charge in [0.2, 0.25) is 0 Å².